The number of rotatable bonds is 3. The molecule has 7 nitrogen and oxygen atoms in total. The molecule has 1 fully saturated rings. The summed E-state index contributed by atoms with van der Waals surface area (Å²) in [5.41, 5.74) is 1.25. The largest absolute Gasteiger partial charge is 0.497 e. The van der Waals surface area contributed by atoms with Crippen molar-refractivity contribution in [2.45, 2.75) is 24.9 Å². The lowest BCUT2D eigenvalue weighted by molar-refractivity contribution is -0.132. The molecule has 2 aliphatic rings. The maximum atomic E-state index is 13.3. The lowest BCUT2D eigenvalue weighted by Crippen LogP contribution is -2.41. The molecular weight excluding hydrogens is 372 g/mol. The SMILES string of the molecule is COc1ccc2c(CN3C(=O)N[C@]4(CCc5ccccc54)C3=O)cc(=O)oc2c1. The van der Waals surface area contributed by atoms with E-state index in [-0.39, 0.29) is 12.5 Å². The molecule has 0 unspecified atom stereocenters. The highest BCUT2D eigenvalue weighted by Crippen LogP contribution is 2.41. The van der Waals surface area contributed by atoms with Crippen molar-refractivity contribution in [3.63, 3.8) is 0 Å². The molecule has 3 aromatic rings. The minimum atomic E-state index is -1.02. The summed E-state index contributed by atoms with van der Waals surface area (Å²) >= 11 is 0. The van der Waals surface area contributed by atoms with Gasteiger partial charge in [0.25, 0.3) is 5.91 Å². The van der Waals surface area contributed by atoms with E-state index in [0.717, 1.165) is 17.5 Å². The Morgan fingerprint density at radius 1 is 1.14 bits per heavy atom. The summed E-state index contributed by atoms with van der Waals surface area (Å²) in [4.78, 5) is 39.3. The first-order valence-electron chi connectivity index (χ1n) is 9.35. The van der Waals surface area contributed by atoms with Crippen molar-refractivity contribution in [1.82, 2.24) is 10.2 Å². The van der Waals surface area contributed by atoms with Gasteiger partial charge in [0, 0.05) is 17.5 Å². The number of nitrogens with one attached hydrogen (secondary N) is 1. The second-order valence-corrected chi connectivity index (χ2v) is 7.34. The normalized spacial score (nSPS) is 20.4. The molecule has 1 aliphatic heterocycles. The Labute approximate surface area is 165 Å². The Kier molecular flexibility index (Phi) is 3.74. The van der Waals surface area contributed by atoms with E-state index in [1.165, 1.54) is 18.1 Å². The van der Waals surface area contributed by atoms with Crippen LogP contribution in [0.1, 0.15) is 23.1 Å². The van der Waals surface area contributed by atoms with Gasteiger partial charge in [0.15, 0.2) is 0 Å². The van der Waals surface area contributed by atoms with E-state index in [4.69, 9.17) is 9.15 Å². The van der Waals surface area contributed by atoms with Crippen molar-refractivity contribution in [2.75, 3.05) is 7.11 Å². The monoisotopic (exact) mass is 390 g/mol. The van der Waals surface area contributed by atoms with Crippen molar-refractivity contribution >= 4 is 22.9 Å². The van der Waals surface area contributed by atoms with Crippen LogP contribution < -0.4 is 15.7 Å². The van der Waals surface area contributed by atoms with Gasteiger partial charge in [-0.25, -0.2) is 9.59 Å². The van der Waals surface area contributed by atoms with Gasteiger partial charge in [-0.15, -0.1) is 0 Å². The summed E-state index contributed by atoms with van der Waals surface area (Å²) in [5.74, 6) is 0.261. The molecule has 2 heterocycles. The van der Waals surface area contributed by atoms with Crippen LogP contribution >= 0.6 is 0 Å². The molecule has 0 radical (unpaired) electrons. The number of urea groups is 1. The fraction of sp³-hybridized carbons (Fsp3) is 0.227. The molecular formula is C22H18N2O5. The number of methoxy groups -OCH3 is 1. The highest BCUT2D eigenvalue weighted by Gasteiger charge is 2.55. The van der Waals surface area contributed by atoms with Crippen LogP contribution in [0.3, 0.4) is 0 Å². The first kappa shape index (κ1) is 17.5. The van der Waals surface area contributed by atoms with Crippen LogP contribution in [0.4, 0.5) is 4.79 Å². The number of ether oxygens (including phenoxy) is 1. The highest BCUT2D eigenvalue weighted by atomic mass is 16.5. The molecule has 1 N–H and O–H groups in total. The number of hydrogen-bond donors (Lipinski definition) is 1. The van der Waals surface area contributed by atoms with Crippen molar-refractivity contribution < 1.29 is 18.7 Å². The summed E-state index contributed by atoms with van der Waals surface area (Å²) in [7, 11) is 1.52. The first-order chi connectivity index (χ1) is 14.0. The molecule has 0 bridgehead atoms. The summed E-state index contributed by atoms with van der Waals surface area (Å²) in [6, 6.07) is 13.7. The van der Waals surface area contributed by atoms with Gasteiger partial charge >= 0.3 is 11.7 Å². The van der Waals surface area contributed by atoms with Gasteiger partial charge in [-0.3, -0.25) is 9.69 Å². The van der Waals surface area contributed by atoms with E-state index >= 15 is 0 Å². The number of amides is 3. The molecule has 1 spiro atoms. The molecule has 7 heteroatoms. The third-order valence-electron chi connectivity index (χ3n) is 5.79. The Bertz CT molecular complexity index is 1230. The van der Waals surface area contributed by atoms with E-state index < -0.39 is 17.2 Å². The van der Waals surface area contributed by atoms with Gasteiger partial charge in [0.2, 0.25) is 0 Å². The zero-order chi connectivity index (χ0) is 20.2. The summed E-state index contributed by atoms with van der Waals surface area (Å²) in [6.07, 6.45) is 1.26. The highest BCUT2D eigenvalue weighted by molar-refractivity contribution is 6.08. The van der Waals surface area contributed by atoms with Gasteiger partial charge in [0.05, 0.1) is 13.7 Å². The predicted molar refractivity (Wildman–Crippen MR) is 105 cm³/mol. The Morgan fingerprint density at radius 3 is 2.79 bits per heavy atom. The van der Waals surface area contributed by atoms with Crippen molar-refractivity contribution in [2.24, 2.45) is 0 Å². The second kappa shape index (κ2) is 6.20. The third-order valence-corrected chi connectivity index (χ3v) is 5.79. The molecule has 146 valence electrons. The zero-order valence-corrected chi connectivity index (χ0v) is 15.7. The van der Waals surface area contributed by atoms with Crippen molar-refractivity contribution in [3.05, 3.63) is 75.6 Å². The van der Waals surface area contributed by atoms with E-state index in [2.05, 4.69) is 5.32 Å². The van der Waals surface area contributed by atoms with Crippen LogP contribution in [0.5, 0.6) is 5.75 Å². The quantitative estimate of drug-likeness (QED) is 0.549. The minimum Gasteiger partial charge on any atom is -0.497 e. The van der Waals surface area contributed by atoms with E-state index in [9.17, 15) is 14.4 Å². The van der Waals surface area contributed by atoms with Crippen LogP contribution in [0, 0.1) is 0 Å². The number of imide groups is 1. The van der Waals surface area contributed by atoms with Crippen molar-refractivity contribution in [1.29, 1.82) is 0 Å². The number of benzene rings is 2. The molecule has 0 saturated carbocycles. The predicted octanol–water partition coefficient (Wildman–Crippen LogP) is 2.70. The molecule has 29 heavy (non-hydrogen) atoms. The second-order valence-electron chi connectivity index (χ2n) is 7.34. The Morgan fingerprint density at radius 2 is 1.97 bits per heavy atom. The summed E-state index contributed by atoms with van der Waals surface area (Å²) in [5, 5.41) is 3.55. The Hall–Kier alpha value is -3.61. The summed E-state index contributed by atoms with van der Waals surface area (Å²) in [6.45, 7) is -0.0109. The topological polar surface area (TPSA) is 88.9 Å². The number of fused-ring (bicyclic) bond motifs is 3. The zero-order valence-electron chi connectivity index (χ0n) is 15.7. The molecule has 1 aliphatic carbocycles. The average molecular weight is 390 g/mol. The van der Waals surface area contributed by atoms with E-state index in [1.807, 2.05) is 24.3 Å². The van der Waals surface area contributed by atoms with Gasteiger partial charge in [0.1, 0.15) is 16.9 Å². The van der Waals surface area contributed by atoms with Gasteiger partial charge in [-0.2, -0.15) is 0 Å². The van der Waals surface area contributed by atoms with Crippen molar-refractivity contribution in [3.8, 4) is 5.75 Å². The van der Waals surface area contributed by atoms with Crippen LogP contribution in [-0.2, 0) is 23.3 Å². The number of nitrogens with zero attached hydrogens (tertiary/aromatic N) is 1. The molecule has 1 saturated heterocycles. The molecule has 2 aromatic carbocycles. The Balaban J connectivity index is 1.54. The minimum absolute atomic E-state index is 0.0109. The van der Waals surface area contributed by atoms with Crippen LogP contribution in [0.2, 0.25) is 0 Å². The van der Waals surface area contributed by atoms with Gasteiger partial charge in [-0.1, -0.05) is 24.3 Å². The van der Waals surface area contributed by atoms with Crippen LogP contribution in [0.25, 0.3) is 11.0 Å². The molecule has 1 aromatic heterocycles. The van der Waals surface area contributed by atoms with E-state index in [1.54, 1.807) is 18.2 Å². The van der Waals surface area contributed by atoms with Gasteiger partial charge < -0.3 is 14.5 Å². The van der Waals surface area contributed by atoms with Crippen LogP contribution in [0.15, 0.2) is 57.7 Å². The van der Waals surface area contributed by atoms with Gasteiger partial charge in [-0.05, 0) is 41.7 Å². The number of hydrogen-bond acceptors (Lipinski definition) is 5. The maximum Gasteiger partial charge on any atom is 0.336 e. The molecule has 5 rings (SSSR count). The van der Waals surface area contributed by atoms with Crippen LogP contribution in [-0.4, -0.2) is 23.9 Å². The fourth-order valence-electron chi connectivity index (χ4n) is 4.37. The number of aryl methyl sites for hydroxylation is 1. The number of carbonyl (C=O) groups is 2. The lowest BCUT2D eigenvalue weighted by Gasteiger charge is -2.22. The smallest absolute Gasteiger partial charge is 0.336 e. The lowest BCUT2D eigenvalue weighted by atomic mass is 9.92. The third kappa shape index (κ3) is 2.54. The molecule has 1 atom stereocenters. The first-order valence-corrected chi connectivity index (χ1v) is 9.35. The average Bonchev–Trinajstić information content (AvgIpc) is 3.20. The molecule has 3 amide bonds. The standard InChI is InChI=1S/C22H18N2O5/c1-28-15-6-7-16-14(10-19(25)29-18(16)11-15)12-24-20(26)22(23-21(24)27)9-8-13-4-2-3-5-17(13)22/h2-7,10-11H,8-9,12H2,1H3,(H,23,27)/t22-/m0/s1. The fourth-order valence-corrected chi connectivity index (χ4v) is 4.37. The number of carbonyl (C=O) groups excluding carboxylic acids is 2. The summed E-state index contributed by atoms with van der Waals surface area (Å²) < 4.78 is 10.4. The van der Waals surface area contributed by atoms with E-state index in [0.29, 0.717) is 28.7 Å². The maximum absolute atomic E-state index is 13.3.